The maximum atomic E-state index is 4.58. The minimum atomic E-state index is 0.672. The Balaban J connectivity index is 1.49. The molecule has 0 fully saturated rings. The summed E-state index contributed by atoms with van der Waals surface area (Å²) in [6, 6.07) is 12.6. The second kappa shape index (κ2) is 7.28. The van der Waals surface area contributed by atoms with E-state index in [4.69, 9.17) is 0 Å². The number of aromatic amines is 2. The zero-order valence-electron chi connectivity index (χ0n) is 17.5. The van der Waals surface area contributed by atoms with Gasteiger partial charge in [-0.3, -0.25) is 10.1 Å². The first kappa shape index (κ1) is 18.7. The Morgan fingerprint density at radius 2 is 1.84 bits per heavy atom. The molecule has 6 aromatic rings. The molecule has 6 heterocycles. The largest absolute Gasteiger partial charge is 0.376 e. The molecule has 6 rings (SSSR count). The number of H-pyrrole nitrogens is 2. The minimum absolute atomic E-state index is 0.672. The predicted octanol–water partition coefficient (Wildman–Crippen LogP) is 5.36. The topological polar surface area (TPSA) is 86.4 Å². The van der Waals surface area contributed by atoms with Crippen molar-refractivity contribution in [2.24, 2.45) is 0 Å². The first-order chi connectivity index (χ1) is 15.7. The molecule has 0 aliphatic rings. The van der Waals surface area contributed by atoms with Gasteiger partial charge in [-0.25, -0.2) is 9.97 Å². The molecular formula is C24H19N7S. The highest BCUT2D eigenvalue weighted by Gasteiger charge is 2.15. The van der Waals surface area contributed by atoms with Crippen LogP contribution in [-0.4, -0.2) is 44.2 Å². The van der Waals surface area contributed by atoms with E-state index in [-0.39, 0.29) is 0 Å². The molecule has 0 aliphatic heterocycles. The van der Waals surface area contributed by atoms with Gasteiger partial charge < -0.3 is 9.88 Å². The summed E-state index contributed by atoms with van der Waals surface area (Å²) in [6.45, 7) is 0. The molecule has 7 nitrogen and oxygen atoms in total. The number of hydrogen-bond acceptors (Lipinski definition) is 6. The highest BCUT2D eigenvalue weighted by atomic mass is 32.1. The lowest BCUT2D eigenvalue weighted by atomic mass is 10.1. The average Bonchev–Trinajstić information content (AvgIpc) is 3.57. The number of rotatable bonds is 4. The molecule has 0 saturated carbocycles. The molecule has 0 amide bonds. The van der Waals surface area contributed by atoms with E-state index in [1.165, 1.54) is 10.4 Å². The van der Waals surface area contributed by atoms with Crippen LogP contribution in [0, 0.1) is 0 Å². The van der Waals surface area contributed by atoms with E-state index in [2.05, 4.69) is 71.9 Å². The van der Waals surface area contributed by atoms with Crippen LogP contribution < -0.4 is 4.90 Å². The molecule has 0 spiro atoms. The van der Waals surface area contributed by atoms with Gasteiger partial charge >= 0.3 is 0 Å². The second-order valence-corrected chi connectivity index (χ2v) is 8.75. The highest BCUT2D eigenvalue weighted by Crippen LogP contribution is 2.35. The molecular weight excluding hydrogens is 418 g/mol. The Labute approximate surface area is 187 Å². The van der Waals surface area contributed by atoms with Gasteiger partial charge in [0.25, 0.3) is 0 Å². The molecule has 0 unspecified atom stereocenters. The Hall–Kier alpha value is -4.04. The third kappa shape index (κ3) is 3.04. The summed E-state index contributed by atoms with van der Waals surface area (Å²) in [5, 5.41) is 11.7. The van der Waals surface area contributed by atoms with Crippen LogP contribution in [0.1, 0.15) is 0 Å². The summed E-state index contributed by atoms with van der Waals surface area (Å²) in [6.07, 6.45) is 7.38. The molecule has 0 radical (unpaired) electrons. The van der Waals surface area contributed by atoms with Crippen LogP contribution in [0.5, 0.6) is 0 Å². The average molecular weight is 438 g/mol. The van der Waals surface area contributed by atoms with E-state index in [1.807, 2.05) is 43.8 Å². The summed E-state index contributed by atoms with van der Waals surface area (Å²) in [7, 11) is 4.01. The van der Waals surface area contributed by atoms with Crippen molar-refractivity contribution in [3.8, 4) is 33.0 Å². The minimum Gasteiger partial charge on any atom is -0.376 e. The number of anilines is 1. The van der Waals surface area contributed by atoms with Crippen LogP contribution in [0.25, 0.3) is 55.0 Å². The normalized spacial score (nSPS) is 11.4. The lowest BCUT2D eigenvalue weighted by Gasteiger charge is -2.12. The van der Waals surface area contributed by atoms with Crippen LogP contribution in [0.3, 0.4) is 0 Å². The Morgan fingerprint density at radius 1 is 0.938 bits per heavy atom. The lowest BCUT2D eigenvalue weighted by molar-refractivity contribution is 1.10. The molecule has 8 heteroatoms. The zero-order valence-corrected chi connectivity index (χ0v) is 18.3. The van der Waals surface area contributed by atoms with Gasteiger partial charge in [-0.05, 0) is 35.7 Å². The fourth-order valence-corrected chi connectivity index (χ4v) is 4.67. The van der Waals surface area contributed by atoms with Crippen molar-refractivity contribution in [1.82, 2.24) is 30.1 Å². The fraction of sp³-hybridized carbons (Fsp3) is 0.0833. The third-order valence-corrected chi connectivity index (χ3v) is 6.47. The smallest absolute Gasteiger partial charge is 0.181 e. The highest BCUT2D eigenvalue weighted by molar-refractivity contribution is 7.13. The molecule has 32 heavy (non-hydrogen) atoms. The van der Waals surface area contributed by atoms with Gasteiger partial charge in [0.15, 0.2) is 5.65 Å². The molecule has 0 aromatic carbocycles. The summed E-state index contributed by atoms with van der Waals surface area (Å²) < 4.78 is 0. The predicted molar refractivity (Wildman–Crippen MR) is 130 cm³/mol. The van der Waals surface area contributed by atoms with Crippen LogP contribution in [0.15, 0.2) is 66.6 Å². The van der Waals surface area contributed by atoms with Crippen LogP contribution in [-0.2, 0) is 0 Å². The molecule has 0 atom stereocenters. The van der Waals surface area contributed by atoms with Crippen molar-refractivity contribution in [3.05, 3.63) is 66.6 Å². The number of pyridine rings is 3. The third-order valence-electron chi connectivity index (χ3n) is 5.57. The lowest BCUT2D eigenvalue weighted by Crippen LogP contribution is -2.08. The first-order valence-electron chi connectivity index (χ1n) is 10.2. The standard InChI is InChI=1S/C24H19N7S/c1-31(2)16-8-14(11-25-13-16)15-9-19-22(29-30-24(19)27-12-15)20-10-18-17(21-4-3-7-32-21)5-6-26-23(18)28-20/h3-13H,1-2H3,(H,26,28)(H,27,29,30). The number of hydrogen-bond donors (Lipinski definition) is 2. The number of fused-ring (bicyclic) bond motifs is 2. The monoisotopic (exact) mass is 437 g/mol. The molecule has 2 N–H and O–H groups in total. The van der Waals surface area contributed by atoms with Gasteiger partial charge in [0, 0.05) is 65.0 Å². The van der Waals surface area contributed by atoms with Crippen LogP contribution in [0.2, 0.25) is 0 Å². The summed E-state index contributed by atoms with van der Waals surface area (Å²) in [5.74, 6) is 0. The van der Waals surface area contributed by atoms with Gasteiger partial charge in [0.1, 0.15) is 5.65 Å². The zero-order chi connectivity index (χ0) is 21.7. The van der Waals surface area contributed by atoms with E-state index >= 15 is 0 Å². The SMILES string of the molecule is CN(C)c1cncc(-c2cnc3n[nH]c(-c4cc5c(-c6cccs6)ccnc5[nH]4)c3c2)c1. The van der Waals surface area contributed by atoms with Gasteiger partial charge in [0.2, 0.25) is 0 Å². The van der Waals surface area contributed by atoms with Gasteiger partial charge in [0.05, 0.1) is 23.3 Å². The van der Waals surface area contributed by atoms with Crippen molar-refractivity contribution < 1.29 is 0 Å². The number of nitrogens with zero attached hydrogens (tertiary/aromatic N) is 5. The fourth-order valence-electron chi connectivity index (χ4n) is 3.90. The molecule has 0 aliphatic carbocycles. The Bertz CT molecular complexity index is 1560. The maximum Gasteiger partial charge on any atom is 0.181 e. The van der Waals surface area contributed by atoms with E-state index in [0.717, 1.165) is 44.6 Å². The number of nitrogens with one attached hydrogen (secondary N) is 2. The van der Waals surface area contributed by atoms with E-state index in [9.17, 15) is 0 Å². The van der Waals surface area contributed by atoms with Crippen molar-refractivity contribution in [2.45, 2.75) is 0 Å². The molecule has 0 bridgehead atoms. The maximum absolute atomic E-state index is 4.58. The van der Waals surface area contributed by atoms with E-state index in [0.29, 0.717) is 5.65 Å². The van der Waals surface area contributed by atoms with Crippen LogP contribution in [0.4, 0.5) is 5.69 Å². The van der Waals surface area contributed by atoms with Gasteiger partial charge in [-0.2, -0.15) is 5.10 Å². The number of thiophene rings is 1. The van der Waals surface area contributed by atoms with Crippen molar-refractivity contribution in [2.75, 3.05) is 19.0 Å². The number of aromatic nitrogens is 6. The summed E-state index contributed by atoms with van der Waals surface area (Å²) in [5.41, 5.74) is 7.55. The van der Waals surface area contributed by atoms with E-state index < -0.39 is 0 Å². The molecule has 156 valence electrons. The van der Waals surface area contributed by atoms with Crippen molar-refractivity contribution in [3.63, 3.8) is 0 Å². The van der Waals surface area contributed by atoms with Gasteiger partial charge in [-0.15, -0.1) is 11.3 Å². The van der Waals surface area contributed by atoms with Gasteiger partial charge in [-0.1, -0.05) is 6.07 Å². The Kier molecular flexibility index (Phi) is 4.26. The Morgan fingerprint density at radius 3 is 2.69 bits per heavy atom. The summed E-state index contributed by atoms with van der Waals surface area (Å²) >= 11 is 1.72. The van der Waals surface area contributed by atoms with E-state index in [1.54, 1.807) is 11.3 Å². The molecule has 6 aromatic heterocycles. The van der Waals surface area contributed by atoms with Crippen LogP contribution >= 0.6 is 11.3 Å². The first-order valence-corrected chi connectivity index (χ1v) is 11.0. The summed E-state index contributed by atoms with van der Waals surface area (Å²) in [4.78, 5) is 20.2. The van der Waals surface area contributed by atoms with Crippen molar-refractivity contribution >= 4 is 39.1 Å². The quantitative estimate of drug-likeness (QED) is 0.388. The van der Waals surface area contributed by atoms with Crippen molar-refractivity contribution in [1.29, 1.82) is 0 Å². The second-order valence-electron chi connectivity index (χ2n) is 7.80. The molecule has 0 saturated heterocycles.